The highest BCUT2D eigenvalue weighted by Gasteiger charge is 2.31. The van der Waals surface area contributed by atoms with Gasteiger partial charge in [-0.05, 0) is 26.2 Å². The van der Waals surface area contributed by atoms with E-state index >= 15 is 0 Å². The van der Waals surface area contributed by atoms with Gasteiger partial charge in [-0.25, -0.2) is 4.79 Å². The van der Waals surface area contributed by atoms with Crippen LogP contribution in [-0.2, 0) is 19.2 Å². The summed E-state index contributed by atoms with van der Waals surface area (Å²) in [4.78, 5) is 47.6. The molecule has 7 N–H and O–H groups in total. The van der Waals surface area contributed by atoms with Crippen LogP contribution >= 0.6 is 12.6 Å². The van der Waals surface area contributed by atoms with Crippen molar-refractivity contribution < 1.29 is 29.4 Å². The smallest absolute Gasteiger partial charge is 0.328 e. The molecule has 0 aromatic rings. The van der Waals surface area contributed by atoms with Gasteiger partial charge < -0.3 is 31.9 Å². The summed E-state index contributed by atoms with van der Waals surface area (Å²) >= 11 is 3.91. The van der Waals surface area contributed by atoms with E-state index < -0.39 is 54.0 Å². The quantitative estimate of drug-likeness (QED) is 0.199. The molecule has 0 aliphatic heterocycles. The minimum absolute atomic E-state index is 0.0124. The third kappa shape index (κ3) is 9.07. The van der Waals surface area contributed by atoms with Crippen LogP contribution in [0.3, 0.4) is 0 Å². The molecule has 0 aliphatic carbocycles. The number of thiol groups is 1. The summed E-state index contributed by atoms with van der Waals surface area (Å²) in [6, 6.07) is -4.37. The number of hydrogen-bond donors (Lipinski definition) is 7. The molecule has 0 rings (SSSR count). The maximum Gasteiger partial charge on any atom is 0.328 e. The second kappa shape index (κ2) is 11.8. The number of hydrogen-bond acceptors (Lipinski definition) is 7. The van der Waals surface area contributed by atoms with Gasteiger partial charge in [-0.15, -0.1) is 0 Å². The van der Waals surface area contributed by atoms with E-state index in [4.69, 9.17) is 10.8 Å². The number of carboxylic acids is 1. The number of carbonyl (C=O) groups is 4. The van der Waals surface area contributed by atoms with E-state index in [-0.39, 0.29) is 18.1 Å². The highest BCUT2D eigenvalue weighted by atomic mass is 32.1. The van der Waals surface area contributed by atoms with Gasteiger partial charge in [0.15, 0.2) is 6.04 Å². The minimum Gasteiger partial charge on any atom is -0.480 e. The number of carbonyl (C=O) groups excluding carboxylic acids is 3. The zero-order valence-electron chi connectivity index (χ0n) is 15.9. The van der Waals surface area contributed by atoms with Crippen molar-refractivity contribution in [1.82, 2.24) is 16.0 Å². The number of aliphatic carboxylic acids is 1. The normalized spacial score (nSPS) is 16.6. The Balaban J connectivity index is 5.08. The van der Waals surface area contributed by atoms with Crippen LogP contribution in [0.1, 0.15) is 34.1 Å². The lowest BCUT2D eigenvalue weighted by Gasteiger charge is -2.25. The molecule has 3 amide bonds. The van der Waals surface area contributed by atoms with Crippen LogP contribution in [0.2, 0.25) is 0 Å². The van der Waals surface area contributed by atoms with Crippen molar-refractivity contribution in [1.29, 1.82) is 0 Å². The molecule has 0 saturated carbocycles. The van der Waals surface area contributed by atoms with E-state index in [1.54, 1.807) is 0 Å². The maximum absolute atomic E-state index is 12.4. The summed E-state index contributed by atoms with van der Waals surface area (Å²) < 4.78 is 0. The van der Waals surface area contributed by atoms with E-state index in [0.717, 1.165) is 0 Å². The molecule has 27 heavy (non-hydrogen) atoms. The number of carboxylic acid groups (broad SMARTS) is 1. The summed E-state index contributed by atoms with van der Waals surface area (Å²) in [6.45, 7) is 6.31. The molecule has 10 nitrogen and oxygen atoms in total. The van der Waals surface area contributed by atoms with E-state index in [1.165, 1.54) is 13.8 Å². The molecule has 0 heterocycles. The Labute approximate surface area is 164 Å². The van der Waals surface area contributed by atoms with Crippen LogP contribution in [0, 0.1) is 5.92 Å². The standard InChI is InChI=1S/C16H30N4O6S/c1-7(2)5-11(15(24)20-12(9(4)21)16(25)26)19-13(22)8(3)18-14(23)10(17)6-27/h7-12,21,27H,5-6,17H2,1-4H3,(H,18,23)(H,19,22)(H,20,24)(H,25,26). The Kier molecular flexibility index (Phi) is 11.0. The van der Waals surface area contributed by atoms with Crippen LogP contribution in [0.4, 0.5) is 0 Å². The summed E-state index contributed by atoms with van der Waals surface area (Å²) in [5.41, 5.74) is 5.53. The minimum atomic E-state index is -1.51. The molecule has 0 aromatic heterocycles. The van der Waals surface area contributed by atoms with Crippen molar-refractivity contribution in [3.63, 3.8) is 0 Å². The Bertz CT molecular complexity index is 543. The van der Waals surface area contributed by atoms with Gasteiger partial charge in [-0.3, -0.25) is 14.4 Å². The lowest BCUT2D eigenvalue weighted by atomic mass is 10.0. The number of amides is 3. The Hall–Kier alpha value is -1.85. The van der Waals surface area contributed by atoms with E-state index in [9.17, 15) is 24.3 Å². The van der Waals surface area contributed by atoms with Crippen molar-refractivity contribution in [2.24, 2.45) is 11.7 Å². The van der Waals surface area contributed by atoms with Gasteiger partial charge >= 0.3 is 5.97 Å². The number of nitrogens with one attached hydrogen (secondary N) is 3. The first-order valence-electron chi connectivity index (χ1n) is 8.59. The summed E-state index contributed by atoms with van der Waals surface area (Å²) in [5, 5.41) is 25.7. The molecule has 0 aromatic carbocycles. The van der Waals surface area contributed by atoms with Crippen molar-refractivity contribution in [3.8, 4) is 0 Å². The molecule has 5 unspecified atom stereocenters. The van der Waals surface area contributed by atoms with E-state index in [0.29, 0.717) is 0 Å². The van der Waals surface area contributed by atoms with Crippen molar-refractivity contribution >= 4 is 36.3 Å². The molecule has 11 heteroatoms. The fourth-order valence-corrected chi connectivity index (χ4v) is 2.28. The molecule has 5 atom stereocenters. The molecular weight excluding hydrogens is 376 g/mol. The molecule has 0 radical (unpaired) electrons. The van der Waals surface area contributed by atoms with Gasteiger partial charge in [0, 0.05) is 5.75 Å². The number of rotatable bonds is 11. The average molecular weight is 407 g/mol. The van der Waals surface area contributed by atoms with Crippen molar-refractivity contribution in [2.75, 3.05) is 5.75 Å². The molecule has 0 spiro atoms. The monoisotopic (exact) mass is 406 g/mol. The third-order valence-electron chi connectivity index (χ3n) is 3.67. The molecular formula is C16H30N4O6S. The lowest BCUT2D eigenvalue weighted by Crippen LogP contribution is -2.58. The second-order valence-electron chi connectivity index (χ2n) is 6.78. The predicted octanol–water partition coefficient (Wildman–Crippen LogP) is -1.77. The third-order valence-corrected chi connectivity index (χ3v) is 4.07. The predicted molar refractivity (Wildman–Crippen MR) is 102 cm³/mol. The van der Waals surface area contributed by atoms with Crippen LogP contribution in [0.25, 0.3) is 0 Å². The van der Waals surface area contributed by atoms with Crippen LogP contribution in [-0.4, -0.2) is 69.9 Å². The highest BCUT2D eigenvalue weighted by molar-refractivity contribution is 7.80. The van der Waals surface area contributed by atoms with Crippen molar-refractivity contribution in [2.45, 2.75) is 64.4 Å². The number of aliphatic hydroxyl groups is 1. The zero-order valence-corrected chi connectivity index (χ0v) is 16.8. The van der Waals surface area contributed by atoms with Crippen LogP contribution < -0.4 is 21.7 Å². The number of aliphatic hydroxyl groups excluding tert-OH is 1. The van der Waals surface area contributed by atoms with Gasteiger partial charge in [0.2, 0.25) is 17.7 Å². The fourth-order valence-electron chi connectivity index (χ4n) is 2.11. The average Bonchev–Trinajstić information content (AvgIpc) is 2.56. The Morgan fingerprint density at radius 2 is 1.52 bits per heavy atom. The summed E-state index contributed by atoms with van der Waals surface area (Å²) in [7, 11) is 0. The second-order valence-corrected chi connectivity index (χ2v) is 7.14. The highest BCUT2D eigenvalue weighted by Crippen LogP contribution is 2.07. The molecule has 156 valence electrons. The fraction of sp³-hybridized carbons (Fsp3) is 0.750. The Morgan fingerprint density at radius 1 is 0.963 bits per heavy atom. The van der Waals surface area contributed by atoms with Gasteiger partial charge in [0.1, 0.15) is 12.1 Å². The molecule has 0 aliphatic rings. The summed E-state index contributed by atoms with van der Waals surface area (Å²) in [5.74, 6) is -3.20. The first kappa shape index (κ1) is 25.1. The summed E-state index contributed by atoms with van der Waals surface area (Å²) in [6.07, 6.45) is -1.08. The van der Waals surface area contributed by atoms with Gasteiger partial charge in [0.25, 0.3) is 0 Å². The first-order chi connectivity index (χ1) is 12.4. The van der Waals surface area contributed by atoms with Gasteiger partial charge in [0.05, 0.1) is 12.1 Å². The van der Waals surface area contributed by atoms with E-state index in [1.807, 2.05) is 13.8 Å². The molecule has 0 saturated heterocycles. The van der Waals surface area contributed by atoms with Gasteiger partial charge in [-0.1, -0.05) is 13.8 Å². The van der Waals surface area contributed by atoms with Crippen LogP contribution in [0.15, 0.2) is 0 Å². The van der Waals surface area contributed by atoms with Gasteiger partial charge in [-0.2, -0.15) is 12.6 Å². The largest absolute Gasteiger partial charge is 0.480 e. The van der Waals surface area contributed by atoms with Crippen molar-refractivity contribution in [3.05, 3.63) is 0 Å². The molecule has 0 bridgehead atoms. The maximum atomic E-state index is 12.4. The van der Waals surface area contributed by atoms with E-state index in [2.05, 4.69) is 28.6 Å². The lowest BCUT2D eigenvalue weighted by molar-refractivity contribution is -0.145. The first-order valence-corrected chi connectivity index (χ1v) is 9.22. The zero-order chi connectivity index (χ0) is 21.3. The number of nitrogens with two attached hydrogens (primary N) is 1. The van der Waals surface area contributed by atoms with Crippen LogP contribution in [0.5, 0.6) is 0 Å². The topological polar surface area (TPSA) is 171 Å². The SMILES string of the molecule is CC(C)CC(NC(=O)C(C)NC(=O)C(N)CS)C(=O)NC(C(=O)O)C(C)O. The Morgan fingerprint density at radius 3 is 1.93 bits per heavy atom. The molecule has 0 fully saturated rings.